The summed E-state index contributed by atoms with van der Waals surface area (Å²) in [5.41, 5.74) is 0. The Morgan fingerprint density at radius 2 is 1.63 bits per heavy atom. The van der Waals surface area contributed by atoms with E-state index in [-0.39, 0.29) is 13.2 Å². The van der Waals surface area contributed by atoms with Gasteiger partial charge in [-0.3, -0.25) is 4.79 Å². The quantitative estimate of drug-likeness (QED) is 0.525. The molecule has 7 heteroatoms. The van der Waals surface area contributed by atoms with E-state index in [4.69, 9.17) is 10.2 Å². The van der Waals surface area contributed by atoms with Crippen LogP contribution in [-0.2, 0) is 14.8 Å². The Bertz CT molecular complexity index is 342. The second kappa shape index (κ2) is 10.2. The summed E-state index contributed by atoms with van der Waals surface area (Å²) in [7, 11) is -3.76. The van der Waals surface area contributed by atoms with E-state index in [1.54, 1.807) is 0 Å². The van der Waals surface area contributed by atoms with Crippen molar-refractivity contribution >= 4 is 16.0 Å². The van der Waals surface area contributed by atoms with Gasteiger partial charge in [-0.25, -0.2) is 12.7 Å². The number of unbranched alkanes of at least 4 members (excludes halogenated alkanes) is 4. The molecule has 0 aromatic carbocycles. The average Bonchev–Trinajstić information content (AvgIpc) is 2.30. The number of aliphatic hydroxyl groups is 1. The number of rotatable bonds is 12. The van der Waals surface area contributed by atoms with Gasteiger partial charge < -0.3 is 10.2 Å². The maximum Gasteiger partial charge on any atom is 0.320 e. The summed E-state index contributed by atoms with van der Waals surface area (Å²) in [4.78, 5) is 10.6. The molecule has 114 valence electrons. The lowest BCUT2D eigenvalue weighted by Gasteiger charge is -2.20. The van der Waals surface area contributed by atoms with Crippen LogP contribution in [0.4, 0.5) is 0 Å². The van der Waals surface area contributed by atoms with Crippen LogP contribution >= 0.6 is 0 Å². The number of hydrogen-bond acceptors (Lipinski definition) is 4. The van der Waals surface area contributed by atoms with E-state index in [0.29, 0.717) is 13.0 Å². The van der Waals surface area contributed by atoms with E-state index in [9.17, 15) is 13.2 Å². The Hall–Kier alpha value is -0.660. The van der Waals surface area contributed by atoms with Gasteiger partial charge in [0.1, 0.15) is 0 Å². The third-order valence-corrected chi connectivity index (χ3v) is 4.54. The van der Waals surface area contributed by atoms with Gasteiger partial charge >= 0.3 is 5.97 Å². The molecule has 0 fully saturated rings. The smallest absolute Gasteiger partial charge is 0.320 e. The largest absolute Gasteiger partial charge is 0.480 e. The molecule has 0 amide bonds. The van der Waals surface area contributed by atoms with Gasteiger partial charge in [0.15, 0.2) is 5.75 Å². The van der Waals surface area contributed by atoms with Crippen molar-refractivity contribution in [3.63, 3.8) is 0 Å². The number of carboxylic acid groups (broad SMARTS) is 1. The predicted octanol–water partition coefficient (Wildman–Crippen LogP) is 1.06. The fourth-order valence-corrected chi connectivity index (χ4v) is 3.09. The molecule has 0 aliphatic carbocycles. The van der Waals surface area contributed by atoms with Crippen molar-refractivity contribution in [2.45, 2.75) is 45.4 Å². The monoisotopic (exact) mass is 295 g/mol. The molecule has 0 rings (SSSR count). The van der Waals surface area contributed by atoms with Crippen LogP contribution in [-0.4, -0.2) is 54.4 Å². The molecule has 6 nitrogen and oxygen atoms in total. The van der Waals surface area contributed by atoms with E-state index in [1.165, 1.54) is 4.31 Å². The molecule has 0 aliphatic heterocycles. The lowest BCUT2D eigenvalue weighted by atomic mass is 10.1. The van der Waals surface area contributed by atoms with E-state index in [2.05, 4.69) is 6.92 Å². The topological polar surface area (TPSA) is 94.9 Å². The van der Waals surface area contributed by atoms with Crippen molar-refractivity contribution in [2.75, 3.05) is 25.4 Å². The molecule has 0 spiro atoms. The predicted molar refractivity (Wildman–Crippen MR) is 73.5 cm³/mol. The lowest BCUT2D eigenvalue weighted by Crippen LogP contribution is -2.37. The van der Waals surface area contributed by atoms with E-state index in [1.807, 2.05) is 0 Å². The van der Waals surface area contributed by atoms with Gasteiger partial charge in [-0.1, -0.05) is 32.6 Å². The van der Waals surface area contributed by atoms with Crippen molar-refractivity contribution < 1.29 is 23.4 Å². The van der Waals surface area contributed by atoms with Crippen LogP contribution in [0.1, 0.15) is 45.4 Å². The van der Waals surface area contributed by atoms with Crippen molar-refractivity contribution in [2.24, 2.45) is 0 Å². The summed E-state index contributed by atoms with van der Waals surface area (Å²) in [5, 5.41) is 17.4. The molecule has 0 radical (unpaired) electrons. The second-order valence-electron chi connectivity index (χ2n) is 4.54. The van der Waals surface area contributed by atoms with Gasteiger partial charge in [0.05, 0.1) is 0 Å². The fourth-order valence-electron chi connectivity index (χ4n) is 1.78. The molecule has 0 aliphatic rings. The van der Waals surface area contributed by atoms with Crippen LogP contribution in [0, 0.1) is 0 Å². The highest BCUT2D eigenvalue weighted by Gasteiger charge is 2.24. The van der Waals surface area contributed by atoms with Gasteiger partial charge in [-0.15, -0.1) is 0 Å². The minimum Gasteiger partial charge on any atom is -0.480 e. The van der Waals surface area contributed by atoms with Crippen LogP contribution in [0.2, 0.25) is 0 Å². The number of carboxylic acids is 1. The molecule has 0 atom stereocenters. The Labute approximate surface area is 115 Å². The maximum absolute atomic E-state index is 11.8. The van der Waals surface area contributed by atoms with Crippen LogP contribution < -0.4 is 0 Å². The van der Waals surface area contributed by atoms with E-state index in [0.717, 1.165) is 32.1 Å². The van der Waals surface area contributed by atoms with Gasteiger partial charge in [0.25, 0.3) is 0 Å². The third-order valence-electron chi connectivity index (χ3n) is 2.78. The van der Waals surface area contributed by atoms with Crippen LogP contribution in [0.3, 0.4) is 0 Å². The first-order valence-corrected chi connectivity index (χ1v) is 8.35. The SMILES string of the molecule is CCCCCCCN(CCCO)S(=O)(=O)CC(=O)O. The summed E-state index contributed by atoms with van der Waals surface area (Å²) in [6, 6.07) is 0. The molecule has 0 unspecified atom stereocenters. The first-order chi connectivity index (χ1) is 8.94. The summed E-state index contributed by atoms with van der Waals surface area (Å²) in [6.07, 6.45) is 5.29. The zero-order valence-corrected chi connectivity index (χ0v) is 12.4. The Kier molecular flexibility index (Phi) is 9.81. The van der Waals surface area contributed by atoms with Crippen molar-refractivity contribution in [1.82, 2.24) is 4.31 Å². The van der Waals surface area contributed by atoms with Gasteiger partial charge in [-0.2, -0.15) is 0 Å². The molecule has 0 saturated heterocycles. The molecule has 0 saturated carbocycles. The third kappa shape index (κ3) is 8.96. The van der Waals surface area contributed by atoms with Gasteiger partial charge in [-0.05, 0) is 12.8 Å². The van der Waals surface area contributed by atoms with Crippen LogP contribution in [0.5, 0.6) is 0 Å². The molecule has 0 aromatic heterocycles. The molecule has 19 heavy (non-hydrogen) atoms. The number of sulfonamides is 1. The van der Waals surface area contributed by atoms with Crippen molar-refractivity contribution in [3.8, 4) is 0 Å². The van der Waals surface area contributed by atoms with Gasteiger partial charge in [0.2, 0.25) is 10.0 Å². The summed E-state index contributed by atoms with van der Waals surface area (Å²) < 4.78 is 24.8. The minimum absolute atomic E-state index is 0.102. The molecule has 0 aromatic rings. The fraction of sp³-hybridized carbons (Fsp3) is 0.917. The zero-order chi connectivity index (χ0) is 14.7. The highest BCUT2D eigenvalue weighted by atomic mass is 32.2. The Morgan fingerprint density at radius 1 is 1.05 bits per heavy atom. The maximum atomic E-state index is 11.8. The second-order valence-corrected chi connectivity index (χ2v) is 6.51. The Morgan fingerprint density at radius 3 is 2.16 bits per heavy atom. The van der Waals surface area contributed by atoms with Gasteiger partial charge in [0, 0.05) is 19.7 Å². The zero-order valence-electron chi connectivity index (χ0n) is 11.5. The van der Waals surface area contributed by atoms with Crippen molar-refractivity contribution in [3.05, 3.63) is 0 Å². The number of aliphatic carboxylic acids is 1. The first kappa shape index (κ1) is 18.3. The average molecular weight is 295 g/mol. The van der Waals surface area contributed by atoms with Crippen LogP contribution in [0.15, 0.2) is 0 Å². The number of hydrogen-bond donors (Lipinski definition) is 2. The molecule has 0 bridgehead atoms. The normalized spacial score (nSPS) is 11.9. The lowest BCUT2D eigenvalue weighted by molar-refractivity contribution is -0.134. The number of nitrogens with zero attached hydrogens (tertiary/aromatic N) is 1. The van der Waals surface area contributed by atoms with E-state index >= 15 is 0 Å². The van der Waals surface area contributed by atoms with E-state index < -0.39 is 21.7 Å². The molecular weight excluding hydrogens is 270 g/mol. The summed E-state index contributed by atoms with van der Waals surface area (Å²) >= 11 is 0. The van der Waals surface area contributed by atoms with Crippen LogP contribution in [0.25, 0.3) is 0 Å². The highest BCUT2D eigenvalue weighted by Crippen LogP contribution is 2.08. The highest BCUT2D eigenvalue weighted by molar-refractivity contribution is 7.89. The number of carbonyl (C=O) groups is 1. The minimum atomic E-state index is -3.76. The summed E-state index contributed by atoms with van der Waals surface area (Å²) in [6.45, 7) is 2.51. The summed E-state index contributed by atoms with van der Waals surface area (Å²) in [5.74, 6) is -2.23. The Balaban J connectivity index is 4.32. The number of aliphatic hydroxyl groups excluding tert-OH is 1. The molecule has 0 heterocycles. The standard InChI is InChI=1S/C12H25NO5S/c1-2-3-4-5-6-8-13(9-7-10-14)19(17,18)11-12(15)16/h14H,2-11H2,1H3,(H,15,16). The molecular formula is C12H25NO5S. The first-order valence-electron chi connectivity index (χ1n) is 6.74. The van der Waals surface area contributed by atoms with Crippen molar-refractivity contribution in [1.29, 1.82) is 0 Å². The molecule has 2 N–H and O–H groups in total.